The van der Waals surface area contributed by atoms with Crippen molar-refractivity contribution in [1.82, 2.24) is 9.88 Å². The van der Waals surface area contributed by atoms with Gasteiger partial charge in [0.1, 0.15) is 17.1 Å². The summed E-state index contributed by atoms with van der Waals surface area (Å²) >= 11 is 6.16. The van der Waals surface area contributed by atoms with E-state index >= 15 is 0 Å². The standard InChI is InChI=1S/C33H34ClN3O4/c1-33(2)19-29(22-3-5-25(34)6-4-22)24(21-40-33)20-36-13-15-37(16-14-36)26-7-9-28(32(38)39)31(18-26)41-27-8-10-30-23(17-27)11-12-35-30/h3-12,17-18,35H,13-16,19-21H2,1-2H3,(H,38,39). The molecule has 1 saturated heterocycles. The van der Waals surface area contributed by atoms with Crippen molar-refractivity contribution in [3.05, 3.63) is 94.6 Å². The number of halogens is 1. The van der Waals surface area contributed by atoms with Crippen LogP contribution in [0.4, 0.5) is 5.69 Å². The van der Waals surface area contributed by atoms with Crippen molar-refractivity contribution >= 4 is 39.7 Å². The number of aromatic nitrogens is 1. The minimum atomic E-state index is -1.01. The molecule has 1 aromatic heterocycles. The largest absolute Gasteiger partial charge is 0.478 e. The molecule has 6 rings (SSSR count). The average Bonchev–Trinajstić information content (AvgIpc) is 3.43. The van der Waals surface area contributed by atoms with E-state index in [0.29, 0.717) is 18.1 Å². The Hall–Kier alpha value is -3.78. The molecule has 0 saturated carbocycles. The summed E-state index contributed by atoms with van der Waals surface area (Å²) in [6.45, 7) is 9.21. The molecule has 41 heavy (non-hydrogen) atoms. The molecule has 4 aromatic rings. The maximum Gasteiger partial charge on any atom is 0.339 e. The molecular formula is C33H34ClN3O4. The van der Waals surface area contributed by atoms with Gasteiger partial charge in [-0.1, -0.05) is 23.7 Å². The Bertz CT molecular complexity index is 1600. The number of nitrogens with zero attached hydrogens (tertiary/aromatic N) is 2. The molecule has 3 aromatic carbocycles. The van der Waals surface area contributed by atoms with E-state index < -0.39 is 5.97 Å². The molecule has 8 heteroatoms. The van der Waals surface area contributed by atoms with Crippen LogP contribution in [0.15, 0.2) is 78.5 Å². The Morgan fingerprint density at radius 3 is 2.56 bits per heavy atom. The van der Waals surface area contributed by atoms with Crippen molar-refractivity contribution in [2.45, 2.75) is 25.9 Å². The van der Waals surface area contributed by atoms with Crippen LogP contribution >= 0.6 is 11.6 Å². The number of ether oxygens (including phenoxy) is 2. The first kappa shape index (κ1) is 27.4. The molecule has 0 unspecified atom stereocenters. The molecule has 0 bridgehead atoms. The first-order valence-corrected chi connectivity index (χ1v) is 14.3. The van der Waals surface area contributed by atoms with Gasteiger partial charge in [-0.2, -0.15) is 0 Å². The fraction of sp³-hybridized carbons (Fsp3) is 0.303. The van der Waals surface area contributed by atoms with E-state index in [1.54, 1.807) is 6.07 Å². The SMILES string of the molecule is CC1(C)CC(c2ccc(Cl)cc2)=C(CN2CCN(c3ccc(C(=O)O)c(Oc4ccc5[nH]ccc5c4)c3)CC2)CO1. The van der Waals surface area contributed by atoms with Gasteiger partial charge in [0.25, 0.3) is 0 Å². The molecular weight excluding hydrogens is 538 g/mol. The number of carbonyl (C=O) groups is 1. The second-order valence-corrected chi connectivity index (χ2v) is 11.8. The van der Waals surface area contributed by atoms with Crippen molar-refractivity contribution in [2.75, 3.05) is 44.2 Å². The third-order valence-corrected chi connectivity index (χ3v) is 8.21. The molecule has 2 aliphatic heterocycles. The van der Waals surface area contributed by atoms with Crippen LogP contribution in [0.25, 0.3) is 16.5 Å². The lowest BCUT2D eigenvalue weighted by Gasteiger charge is -2.39. The number of carboxylic acid groups (broad SMARTS) is 1. The summed E-state index contributed by atoms with van der Waals surface area (Å²) in [5, 5.41) is 11.5. The Morgan fingerprint density at radius 2 is 1.80 bits per heavy atom. The molecule has 0 spiro atoms. The number of aromatic carboxylic acids is 1. The van der Waals surface area contributed by atoms with Crippen LogP contribution in [0.5, 0.6) is 11.5 Å². The summed E-state index contributed by atoms with van der Waals surface area (Å²) in [4.78, 5) is 19.9. The van der Waals surface area contributed by atoms with Crippen LogP contribution in [0.3, 0.4) is 0 Å². The smallest absolute Gasteiger partial charge is 0.339 e. The third kappa shape index (κ3) is 6.12. The molecule has 2 aliphatic rings. The minimum Gasteiger partial charge on any atom is -0.478 e. The lowest BCUT2D eigenvalue weighted by molar-refractivity contribution is -0.0101. The Kier molecular flexibility index (Phi) is 7.51. The van der Waals surface area contributed by atoms with Crippen molar-refractivity contribution < 1.29 is 19.4 Å². The van der Waals surface area contributed by atoms with Crippen LogP contribution in [0, 0.1) is 0 Å². The van der Waals surface area contributed by atoms with Gasteiger partial charge >= 0.3 is 5.97 Å². The van der Waals surface area contributed by atoms with Crippen LogP contribution < -0.4 is 9.64 Å². The van der Waals surface area contributed by atoms with Gasteiger partial charge in [-0.05, 0) is 79.1 Å². The number of piperazine rings is 1. The molecule has 1 fully saturated rings. The van der Waals surface area contributed by atoms with E-state index in [0.717, 1.165) is 60.8 Å². The van der Waals surface area contributed by atoms with Gasteiger partial charge in [0, 0.05) is 73.0 Å². The zero-order valence-electron chi connectivity index (χ0n) is 23.3. The predicted molar refractivity (Wildman–Crippen MR) is 163 cm³/mol. The second-order valence-electron chi connectivity index (χ2n) is 11.4. The number of aromatic amines is 1. The van der Waals surface area contributed by atoms with Crippen molar-refractivity contribution in [1.29, 1.82) is 0 Å². The van der Waals surface area contributed by atoms with Gasteiger partial charge < -0.3 is 24.5 Å². The quantitative estimate of drug-likeness (QED) is 0.247. The van der Waals surface area contributed by atoms with Gasteiger partial charge in [0.15, 0.2) is 0 Å². The van der Waals surface area contributed by atoms with E-state index in [4.69, 9.17) is 21.1 Å². The van der Waals surface area contributed by atoms with Crippen LogP contribution in [-0.4, -0.2) is 65.9 Å². The summed E-state index contributed by atoms with van der Waals surface area (Å²) in [7, 11) is 0. The highest BCUT2D eigenvalue weighted by atomic mass is 35.5. The normalized spacial score (nSPS) is 17.7. The van der Waals surface area contributed by atoms with E-state index in [-0.39, 0.29) is 11.2 Å². The summed E-state index contributed by atoms with van der Waals surface area (Å²) in [6.07, 6.45) is 2.73. The van der Waals surface area contributed by atoms with Gasteiger partial charge in [-0.3, -0.25) is 4.90 Å². The van der Waals surface area contributed by atoms with E-state index in [9.17, 15) is 9.90 Å². The van der Waals surface area contributed by atoms with Crippen LogP contribution in [0.1, 0.15) is 36.2 Å². The Balaban J connectivity index is 1.17. The molecule has 0 radical (unpaired) electrons. The lowest BCUT2D eigenvalue weighted by Crippen LogP contribution is -2.47. The first-order chi connectivity index (χ1) is 19.7. The summed E-state index contributed by atoms with van der Waals surface area (Å²) in [5.74, 6) is -0.0713. The van der Waals surface area contributed by atoms with Crippen LogP contribution in [-0.2, 0) is 4.74 Å². The highest BCUT2D eigenvalue weighted by molar-refractivity contribution is 6.30. The van der Waals surface area contributed by atoms with Crippen LogP contribution in [0.2, 0.25) is 5.02 Å². The van der Waals surface area contributed by atoms with E-state index in [2.05, 4.69) is 40.8 Å². The zero-order valence-corrected chi connectivity index (χ0v) is 24.1. The molecule has 0 amide bonds. The van der Waals surface area contributed by atoms with E-state index in [1.807, 2.05) is 54.7 Å². The maximum atomic E-state index is 12.0. The third-order valence-electron chi connectivity index (χ3n) is 7.96. The number of anilines is 1. The lowest BCUT2D eigenvalue weighted by atomic mass is 9.87. The number of benzene rings is 3. The van der Waals surface area contributed by atoms with E-state index in [1.165, 1.54) is 16.7 Å². The van der Waals surface area contributed by atoms with Gasteiger partial charge in [-0.25, -0.2) is 4.79 Å². The summed E-state index contributed by atoms with van der Waals surface area (Å²) in [5.41, 5.74) is 5.78. The topological polar surface area (TPSA) is 78.0 Å². The predicted octanol–water partition coefficient (Wildman–Crippen LogP) is 7.09. The minimum absolute atomic E-state index is 0.142. The Morgan fingerprint density at radius 1 is 1.02 bits per heavy atom. The molecule has 2 N–H and O–H groups in total. The monoisotopic (exact) mass is 571 g/mol. The molecule has 7 nitrogen and oxygen atoms in total. The number of hydrogen-bond acceptors (Lipinski definition) is 5. The second kappa shape index (κ2) is 11.2. The summed E-state index contributed by atoms with van der Waals surface area (Å²) in [6, 6.07) is 21.1. The van der Waals surface area contributed by atoms with Gasteiger partial charge in [-0.15, -0.1) is 0 Å². The van der Waals surface area contributed by atoms with Crippen molar-refractivity contribution in [2.24, 2.45) is 0 Å². The van der Waals surface area contributed by atoms with Crippen molar-refractivity contribution in [3.8, 4) is 11.5 Å². The number of hydrogen-bond donors (Lipinski definition) is 2. The van der Waals surface area contributed by atoms with Crippen molar-refractivity contribution in [3.63, 3.8) is 0 Å². The maximum absolute atomic E-state index is 12.0. The molecule has 212 valence electrons. The van der Waals surface area contributed by atoms with Gasteiger partial charge in [0.05, 0.1) is 12.2 Å². The van der Waals surface area contributed by atoms with Gasteiger partial charge in [0.2, 0.25) is 0 Å². The average molecular weight is 572 g/mol. The number of H-pyrrole nitrogens is 1. The Labute approximate surface area is 244 Å². The zero-order chi connectivity index (χ0) is 28.6. The fourth-order valence-corrected chi connectivity index (χ4v) is 5.82. The highest BCUT2D eigenvalue weighted by Crippen LogP contribution is 2.36. The number of rotatable bonds is 7. The first-order valence-electron chi connectivity index (χ1n) is 13.9. The number of fused-ring (bicyclic) bond motifs is 1. The molecule has 0 atom stereocenters. The fourth-order valence-electron chi connectivity index (χ4n) is 5.69. The number of nitrogens with one attached hydrogen (secondary N) is 1. The molecule has 0 aliphatic carbocycles. The highest BCUT2D eigenvalue weighted by Gasteiger charge is 2.30. The summed E-state index contributed by atoms with van der Waals surface area (Å²) < 4.78 is 12.3. The number of carboxylic acids is 1. The molecule has 3 heterocycles.